The number of sulfonamides is 1. The highest BCUT2D eigenvalue weighted by Crippen LogP contribution is 2.14. The van der Waals surface area contributed by atoms with Crippen LogP contribution in [0.2, 0.25) is 0 Å². The second-order valence-corrected chi connectivity index (χ2v) is 7.43. The van der Waals surface area contributed by atoms with Crippen LogP contribution < -0.4 is 4.72 Å². The van der Waals surface area contributed by atoms with Crippen LogP contribution in [0.1, 0.15) is 23.8 Å². The van der Waals surface area contributed by atoms with Gasteiger partial charge < -0.3 is 9.32 Å². The van der Waals surface area contributed by atoms with E-state index in [1.165, 1.54) is 18.1 Å². The smallest absolute Gasteiger partial charge is 0.240 e. The van der Waals surface area contributed by atoms with Crippen molar-refractivity contribution in [3.05, 3.63) is 53.5 Å². The van der Waals surface area contributed by atoms with Gasteiger partial charge in [0, 0.05) is 20.0 Å². The molecule has 0 aliphatic carbocycles. The van der Waals surface area contributed by atoms with Crippen molar-refractivity contribution in [1.82, 2.24) is 9.62 Å². The molecule has 2 aromatic rings. The van der Waals surface area contributed by atoms with Gasteiger partial charge in [0.05, 0.1) is 17.7 Å². The molecule has 2 rings (SSSR count). The predicted molar refractivity (Wildman–Crippen MR) is 90.9 cm³/mol. The van der Waals surface area contributed by atoms with Crippen LogP contribution in [0.25, 0.3) is 0 Å². The summed E-state index contributed by atoms with van der Waals surface area (Å²) in [7, 11) is -3.59. The van der Waals surface area contributed by atoms with E-state index in [0.717, 1.165) is 11.1 Å². The molecule has 1 heterocycles. The van der Waals surface area contributed by atoms with Crippen LogP contribution in [0.3, 0.4) is 0 Å². The fourth-order valence-corrected chi connectivity index (χ4v) is 3.32. The molecule has 0 atom stereocenters. The number of rotatable bonds is 7. The lowest BCUT2D eigenvalue weighted by Gasteiger charge is -2.20. The average Bonchev–Trinajstić information content (AvgIpc) is 3.01. The number of amides is 1. The van der Waals surface area contributed by atoms with Gasteiger partial charge in [0.15, 0.2) is 0 Å². The largest absolute Gasteiger partial charge is 0.467 e. The first-order valence-electron chi connectivity index (χ1n) is 7.64. The minimum absolute atomic E-state index is 0.134. The van der Waals surface area contributed by atoms with Crippen LogP contribution in [-0.2, 0) is 21.4 Å². The molecule has 7 heteroatoms. The fraction of sp³-hybridized carbons (Fsp3) is 0.353. The second kappa shape index (κ2) is 7.63. The summed E-state index contributed by atoms with van der Waals surface area (Å²) in [6.45, 7) is 5.96. The molecule has 0 bridgehead atoms. The minimum atomic E-state index is -3.59. The van der Waals surface area contributed by atoms with Gasteiger partial charge in [-0.05, 0) is 49.2 Å². The molecule has 0 spiro atoms. The highest BCUT2D eigenvalue weighted by molar-refractivity contribution is 7.89. The second-order valence-electron chi connectivity index (χ2n) is 5.66. The van der Waals surface area contributed by atoms with Crippen LogP contribution >= 0.6 is 0 Å². The van der Waals surface area contributed by atoms with Crippen LogP contribution in [0.15, 0.2) is 45.9 Å². The molecule has 1 aromatic carbocycles. The number of nitrogens with zero attached hydrogens (tertiary/aromatic N) is 1. The summed E-state index contributed by atoms with van der Waals surface area (Å²) in [6, 6.07) is 8.52. The van der Waals surface area contributed by atoms with E-state index in [1.807, 2.05) is 13.8 Å². The Hall–Kier alpha value is -2.12. The lowest BCUT2D eigenvalue weighted by atomic mass is 10.1. The van der Waals surface area contributed by atoms with Crippen molar-refractivity contribution in [1.29, 1.82) is 0 Å². The number of benzene rings is 1. The molecule has 0 saturated carbocycles. The van der Waals surface area contributed by atoms with Crippen molar-refractivity contribution in [2.24, 2.45) is 0 Å². The van der Waals surface area contributed by atoms with Gasteiger partial charge in [0.2, 0.25) is 15.9 Å². The summed E-state index contributed by atoms with van der Waals surface area (Å²) in [5.74, 6) is 0.513. The molecule has 0 aliphatic rings. The zero-order valence-corrected chi connectivity index (χ0v) is 14.9. The summed E-state index contributed by atoms with van der Waals surface area (Å²) in [6.07, 6.45) is 1.54. The van der Waals surface area contributed by atoms with Crippen LogP contribution in [-0.4, -0.2) is 32.3 Å². The number of hydrogen-bond acceptors (Lipinski definition) is 4. The molecule has 24 heavy (non-hydrogen) atoms. The maximum Gasteiger partial charge on any atom is 0.240 e. The highest BCUT2D eigenvalue weighted by Gasteiger charge is 2.16. The molecule has 1 amide bonds. The Morgan fingerprint density at radius 3 is 2.54 bits per heavy atom. The lowest BCUT2D eigenvalue weighted by molar-refractivity contribution is -0.129. The van der Waals surface area contributed by atoms with Crippen molar-refractivity contribution in [3.8, 4) is 0 Å². The van der Waals surface area contributed by atoms with Crippen molar-refractivity contribution in [2.45, 2.75) is 32.2 Å². The molecule has 0 unspecified atom stereocenters. The number of aryl methyl sites for hydroxylation is 2. The van der Waals surface area contributed by atoms with E-state index < -0.39 is 10.0 Å². The predicted octanol–water partition coefficient (Wildman–Crippen LogP) is 2.22. The first-order chi connectivity index (χ1) is 11.3. The molecule has 130 valence electrons. The van der Waals surface area contributed by atoms with Gasteiger partial charge in [-0.25, -0.2) is 13.1 Å². The number of furan rings is 1. The Balaban J connectivity index is 1.97. The molecular formula is C17H22N2O4S. The fourth-order valence-electron chi connectivity index (χ4n) is 2.22. The maximum absolute atomic E-state index is 12.3. The Morgan fingerprint density at radius 1 is 1.21 bits per heavy atom. The standard InChI is InChI=1S/C17H22N2O4S/c1-13-6-7-17(11-14(13)2)24(21,22)18-8-9-19(15(3)20)12-16-5-4-10-23-16/h4-7,10-11,18H,8-9,12H2,1-3H3. The first kappa shape index (κ1) is 18.2. The number of carbonyl (C=O) groups is 1. The third kappa shape index (κ3) is 4.69. The molecule has 6 nitrogen and oxygen atoms in total. The zero-order valence-electron chi connectivity index (χ0n) is 14.1. The van der Waals surface area contributed by atoms with Gasteiger partial charge in [-0.15, -0.1) is 0 Å². The summed E-state index contributed by atoms with van der Waals surface area (Å²) >= 11 is 0. The summed E-state index contributed by atoms with van der Waals surface area (Å²) in [5, 5.41) is 0. The Morgan fingerprint density at radius 2 is 1.96 bits per heavy atom. The van der Waals surface area contributed by atoms with E-state index >= 15 is 0 Å². The van der Waals surface area contributed by atoms with Gasteiger partial charge >= 0.3 is 0 Å². The number of hydrogen-bond donors (Lipinski definition) is 1. The third-order valence-corrected chi connectivity index (χ3v) is 5.29. The monoisotopic (exact) mass is 350 g/mol. The Bertz CT molecular complexity index is 798. The van der Waals surface area contributed by atoms with E-state index in [1.54, 1.807) is 30.3 Å². The van der Waals surface area contributed by atoms with Gasteiger partial charge in [-0.2, -0.15) is 0 Å². The maximum atomic E-state index is 12.3. The van der Waals surface area contributed by atoms with E-state index in [-0.39, 0.29) is 23.9 Å². The number of nitrogens with one attached hydrogen (secondary N) is 1. The molecule has 0 fully saturated rings. The van der Waals surface area contributed by atoms with Crippen LogP contribution in [0.4, 0.5) is 0 Å². The van der Waals surface area contributed by atoms with Crippen molar-refractivity contribution in [2.75, 3.05) is 13.1 Å². The summed E-state index contributed by atoms with van der Waals surface area (Å²) in [5.41, 5.74) is 1.95. The first-order valence-corrected chi connectivity index (χ1v) is 9.13. The molecule has 0 saturated heterocycles. The summed E-state index contributed by atoms with van der Waals surface area (Å²) < 4.78 is 32.4. The van der Waals surface area contributed by atoms with Gasteiger partial charge in [-0.3, -0.25) is 4.79 Å². The van der Waals surface area contributed by atoms with Gasteiger partial charge in [0.1, 0.15) is 5.76 Å². The van der Waals surface area contributed by atoms with Crippen LogP contribution in [0.5, 0.6) is 0 Å². The minimum Gasteiger partial charge on any atom is -0.467 e. The van der Waals surface area contributed by atoms with Gasteiger partial charge in [-0.1, -0.05) is 6.07 Å². The van der Waals surface area contributed by atoms with Gasteiger partial charge in [0.25, 0.3) is 0 Å². The topological polar surface area (TPSA) is 79.6 Å². The van der Waals surface area contributed by atoms with E-state index in [4.69, 9.17) is 4.42 Å². The molecular weight excluding hydrogens is 328 g/mol. The van der Waals surface area contributed by atoms with Crippen molar-refractivity contribution >= 4 is 15.9 Å². The Labute approximate surface area is 142 Å². The normalized spacial score (nSPS) is 11.5. The quantitative estimate of drug-likeness (QED) is 0.830. The molecule has 1 N–H and O–H groups in total. The highest BCUT2D eigenvalue weighted by atomic mass is 32.2. The Kier molecular flexibility index (Phi) is 5.80. The molecule has 0 radical (unpaired) electrons. The average molecular weight is 350 g/mol. The SMILES string of the molecule is CC(=O)N(CCNS(=O)(=O)c1ccc(C)c(C)c1)Cc1ccco1. The van der Waals surface area contributed by atoms with E-state index in [2.05, 4.69) is 4.72 Å². The van der Waals surface area contributed by atoms with Crippen LogP contribution in [0, 0.1) is 13.8 Å². The lowest BCUT2D eigenvalue weighted by Crippen LogP contribution is -2.37. The van der Waals surface area contributed by atoms with Crippen molar-refractivity contribution in [3.63, 3.8) is 0 Å². The molecule has 0 aliphatic heterocycles. The van der Waals surface area contributed by atoms with E-state index in [0.29, 0.717) is 12.3 Å². The van der Waals surface area contributed by atoms with Crippen molar-refractivity contribution < 1.29 is 17.6 Å². The zero-order chi connectivity index (χ0) is 17.7. The summed E-state index contributed by atoms with van der Waals surface area (Å²) in [4.78, 5) is 13.4. The van der Waals surface area contributed by atoms with E-state index in [9.17, 15) is 13.2 Å². The third-order valence-electron chi connectivity index (χ3n) is 3.83. The molecule has 1 aromatic heterocycles. The number of carbonyl (C=O) groups excluding carboxylic acids is 1.